The Morgan fingerprint density at radius 1 is 1.21 bits per heavy atom. The predicted octanol–water partition coefficient (Wildman–Crippen LogP) is 3.98. The molecule has 1 heterocycles. The maximum absolute atomic E-state index is 12.1. The minimum Gasteiger partial charge on any atom is -0.352 e. The van der Waals surface area contributed by atoms with E-state index in [0.29, 0.717) is 36.2 Å². The van der Waals surface area contributed by atoms with Crippen LogP contribution >= 0.6 is 0 Å². The quantitative estimate of drug-likeness (QED) is 0.675. The molecule has 0 atom stereocenters. The minimum absolute atomic E-state index is 0.108. The van der Waals surface area contributed by atoms with E-state index in [9.17, 15) is 4.79 Å². The van der Waals surface area contributed by atoms with E-state index < -0.39 is 0 Å². The average Bonchev–Trinajstić information content (AvgIpc) is 3.20. The molecular weight excluding hydrogens is 352 g/mol. The molecule has 6 heteroatoms. The fourth-order valence-electron chi connectivity index (χ4n) is 2.75. The minimum atomic E-state index is -0.108. The van der Waals surface area contributed by atoms with E-state index in [1.165, 1.54) is 5.56 Å². The van der Waals surface area contributed by atoms with Crippen LogP contribution in [0.4, 0.5) is 0 Å². The van der Waals surface area contributed by atoms with Gasteiger partial charge in [-0.3, -0.25) is 4.79 Å². The Labute approximate surface area is 164 Å². The van der Waals surface area contributed by atoms with Crippen LogP contribution in [0.15, 0.2) is 53.1 Å². The van der Waals surface area contributed by atoms with Crippen LogP contribution in [0, 0.1) is 11.3 Å². The van der Waals surface area contributed by atoms with Crippen molar-refractivity contribution in [1.82, 2.24) is 15.5 Å². The Bertz CT molecular complexity index is 984. The average molecular weight is 374 g/mol. The van der Waals surface area contributed by atoms with Crippen molar-refractivity contribution in [2.45, 2.75) is 39.2 Å². The molecular formula is C22H22N4O2. The summed E-state index contributed by atoms with van der Waals surface area (Å²) in [7, 11) is 0. The van der Waals surface area contributed by atoms with Gasteiger partial charge in [0.1, 0.15) is 0 Å². The molecule has 0 aliphatic rings. The highest BCUT2D eigenvalue weighted by molar-refractivity contribution is 5.76. The van der Waals surface area contributed by atoms with Gasteiger partial charge in [0.15, 0.2) is 0 Å². The number of benzene rings is 2. The van der Waals surface area contributed by atoms with Crippen molar-refractivity contribution in [3.05, 3.63) is 71.1 Å². The van der Waals surface area contributed by atoms with Gasteiger partial charge in [-0.25, -0.2) is 0 Å². The molecule has 0 fully saturated rings. The van der Waals surface area contributed by atoms with Crippen molar-refractivity contribution in [2.75, 3.05) is 0 Å². The van der Waals surface area contributed by atoms with E-state index in [-0.39, 0.29) is 12.3 Å². The third kappa shape index (κ3) is 5.04. The van der Waals surface area contributed by atoms with Gasteiger partial charge in [-0.15, -0.1) is 0 Å². The highest BCUT2D eigenvalue weighted by Gasteiger charge is 2.11. The second kappa shape index (κ2) is 8.96. The molecule has 2 aromatic carbocycles. The third-order valence-electron chi connectivity index (χ3n) is 4.42. The summed E-state index contributed by atoms with van der Waals surface area (Å²) in [4.78, 5) is 16.4. The zero-order chi connectivity index (χ0) is 19.9. The van der Waals surface area contributed by atoms with Gasteiger partial charge in [-0.1, -0.05) is 55.4 Å². The molecule has 1 aromatic heterocycles. The van der Waals surface area contributed by atoms with Gasteiger partial charge in [-0.2, -0.15) is 10.2 Å². The van der Waals surface area contributed by atoms with Crippen LogP contribution in [0.25, 0.3) is 11.4 Å². The summed E-state index contributed by atoms with van der Waals surface area (Å²) >= 11 is 0. The molecule has 3 aromatic rings. The van der Waals surface area contributed by atoms with Crippen LogP contribution in [0.5, 0.6) is 0 Å². The lowest BCUT2D eigenvalue weighted by Crippen LogP contribution is -2.23. The molecule has 6 nitrogen and oxygen atoms in total. The number of nitrogens with zero attached hydrogens (tertiary/aromatic N) is 3. The van der Waals surface area contributed by atoms with Gasteiger partial charge in [-0.05, 0) is 29.2 Å². The maximum Gasteiger partial charge on any atom is 0.227 e. The van der Waals surface area contributed by atoms with Gasteiger partial charge in [0.05, 0.1) is 11.6 Å². The fraction of sp³-hybridized carbons (Fsp3) is 0.273. The molecule has 0 aliphatic heterocycles. The first-order chi connectivity index (χ1) is 13.5. The molecule has 0 aliphatic carbocycles. The number of carbonyl (C=O) groups excluding carboxylic acids is 1. The fourth-order valence-corrected chi connectivity index (χ4v) is 2.75. The highest BCUT2D eigenvalue weighted by Crippen LogP contribution is 2.20. The van der Waals surface area contributed by atoms with Crippen LogP contribution in [0.3, 0.4) is 0 Å². The number of rotatable bonds is 7. The van der Waals surface area contributed by atoms with Gasteiger partial charge in [0.25, 0.3) is 0 Å². The number of aryl methyl sites for hydroxylation is 1. The van der Waals surface area contributed by atoms with Gasteiger partial charge in [0.2, 0.25) is 17.6 Å². The molecule has 28 heavy (non-hydrogen) atoms. The first kappa shape index (κ1) is 19.3. The Morgan fingerprint density at radius 2 is 2.00 bits per heavy atom. The number of hydrogen-bond donors (Lipinski definition) is 1. The molecule has 0 spiro atoms. The van der Waals surface area contributed by atoms with E-state index in [2.05, 4.69) is 47.5 Å². The zero-order valence-corrected chi connectivity index (χ0v) is 16.0. The summed E-state index contributed by atoms with van der Waals surface area (Å²) < 4.78 is 5.26. The first-order valence-electron chi connectivity index (χ1n) is 9.24. The summed E-state index contributed by atoms with van der Waals surface area (Å²) in [6, 6.07) is 17.3. The second-order valence-electron chi connectivity index (χ2n) is 6.88. The van der Waals surface area contributed by atoms with E-state index in [1.807, 2.05) is 18.2 Å². The topological polar surface area (TPSA) is 91.8 Å². The molecule has 1 N–H and O–H groups in total. The van der Waals surface area contributed by atoms with Crippen LogP contribution < -0.4 is 5.32 Å². The number of carbonyl (C=O) groups is 1. The lowest BCUT2D eigenvalue weighted by molar-refractivity contribution is -0.121. The normalized spacial score (nSPS) is 10.6. The summed E-state index contributed by atoms with van der Waals surface area (Å²) in [5.74, 6) is 1.32. The molecule has 0 unspecified atom stereocenters. The van der Waals surface area contributed by atoms with Crippen LogP contribution in [-0.4, -0.2) is 16.0 Å². The summed E-state index contributed by atoms with van der Waals surface area (Å²) in [6.45, 7) is 4.67. The van der Waals surface area contributed by atoms with Gasteiger partial charge < -0.3 is 9.84 Å². The molecule has 0 saturated heterocycles. The largest absolute Gasteiger partial charge is 0.352 e. The van der Waals surface area contributed by atoms with Gasteiger partial charge >= 0.3 is 0 Å². The third-order valence-corrected chi connectivity index (χ3v) is 4.42. The molecule has 0 bridgehead atoms. The Kier molecular flexibility index (Phi) is 6.18. The summed E-state index contributed by atoms with van der Waals surface area (Å²) in [5, 5.41) is 15.8. The first-order valence-corrected chi connectivity index (χ1v) is 9.24. The van der Waals surface area contributed by atoms with Crippen molar-refractivity contribution in [3.8, 4) is 17.5 Å². The second-order valence-corrected chi connectivity index (χ2v) is 6.88. The Balaban J connectivity index is 1.51. The van der Waals surface area contributed by atoms with E-state index in [4.69, 9.17) is 9.78 Å². The Hall–Kier alpha value is -3.46. The number of hydrogen-bond acceptors (Lipinski definition) is 5. The van der Waals surface area contributed by atoms with E-state index in [1.54, 1.807) is 18.2 Å². The molecule has 1 amide bonds. The predicted molar refractivity (Wildman–Crippen MR) is 105 cm³/mol. The van der Waals surface area contributed by atoms with Crippen molar-refractivity contribution in [1.29, 1.82) is 5.26 Å². The number of nitrogens with one attached hydrogen (secondary N) is 1. The smallest absolute Gasteiger partial charge is 0.227 e. The standard InChI is InChI=1S/C22H22N4O2/c1-15(2)18-6-8-19(9-7-18)22-25-21(28-26-22)11-10-20(27)24-14-17-5-3-4-16(12-17)13-23/h3-9,12,15H,10-11,14H2,1-2H3,(H,24,27). The van der Waals surface area contributed by atoms with E-state index in [0.717, 1.165) is 11.1 Å². The monoisotopic (exact) mass is 374 g/mol. The molecule has 0 saturated carbocycles. The molecule has 142 valence electrons. The van der Waals surface area contributed by atoms with Crippen LogP contribution in [0.1, 0.15) is 48.8 Å². The SMILES string of the molecule is CC(C)c1ccc(-c2noc(CCC(=O)NCc3cccc(C#N)c3)n2)cc1. The maximum atomic E-state index is 12.1. The summed E-state index contributed by atoms with van der Waals surface area (Å²) in [6.07, 6.45) is 0.632. The lowest BCUT2D eigenvalue weighted by Gasteiger charge is -2.05. The van der Waals surface area contributed by atoms with Crippen LogP contribution in [0.2, 0.25) is 0 Å². The highest BCUT2D eigenvalue weighted by atomic mass is 16.5. The lowest BCUT2D eigenvalue weighted by atomic mass is 10.0. The van der Waals surface area contributed by atoms with Crippen molar-refractivity contribution < 1.29 is 9.32 Å². The molecule has 3 rings (SSSR count). The van der Waals surface area contributed by atoms with Crippen molar-refractivity contribution in [3.63, 3.8) is 0 Å². The summed E-state index contributed by atoms with van der Waals surface area (Å²) in [5.41, 5.74) is 3.61. The number of nitriles is 1. The zero-order valence-electron chi connectivity index (χ0n) is 16.0. The van der Waals surface area contributed by atoms with Crippen molar-refractivity contribution in [2.24, 2.45) is 0 Å². The van der Waals surface area contributed by atoms with E-state index >= 15 is 0 Å². The number of amides is 1. The Morgan fingerprint density at radius 3 is 2.71 bits per heavy atom. The van der Waals surface area contributed by atoms with Crippen LogP contribution in [-0.2, 0) is 17.8 Å². The number of aromatic nitrogens is 2. The van der Waals surface area contributed by atoms with Gasteiger partial charge in [0, 0.05) is 24.9 Å². The molecule has 0 radical (unpaired) electrons. The van der Waals surface area contributed by atoms with Crippen molar-refractivity contribution >= 4 is 5.91 Å².